The molecule has 0 aromatic carbocycles. The van der Waals surface area contributed by atoms with Crippen LogP contribution in [0.15, 0.2) is 30.6 Å². The zero-order valence-electron chi connectivity index (χ0n) is 14.4. The van der Waals surface area contributed by atoms with Crippen molar-refractivity contribution in [3.8, 4) is 0 Å². The van der Waals surface area contributed by atoms with E-state index >= 15 is 0 Å². The zero-order valence-corrected chi connectivity index (χ0v) is 14.4. The summed E-state index contributed by atoms with van der Waals surface area (Å²) in [5, 5.41) is 0. The predicted octanol–water partition coefficient (Wildman–Crippen LogP) is 1.81. The lowest BCUT2D eigenvalue weighted by atomic mass is 9.83. The van der Waals surface area contributed by atoms with Gasteiger partial charge in [0.1, 0.15) is 11.4 Å². The summed E-state index contributed by atoms with van der Waals surface area (Å²) in [7, 11) is 0. The van der Waals surface area contributed by atoms with E-state index in [9.17, 15) is 4.79 Å². The van der Waals surface area contributed by atoms with Gasteiger partial charge in [0.05, 0.1) is 18.7 Å². The fourth-order valence-corrected chi connectivity index (χ4v) is 3.77. The summed E-state index contributed by atoms with van der Waals surface area (Å²) in [5.74, 6) is 0.903. The minimum Gasteiger partial charge on any atom is -0.368 e. The highest BCUT2D eigenvalue weighted by atomic mass is 16.5. The zero-order chi connectivity index (χ0) is 17.3. The van der Waals surface area contributed by atoms with Gasteiger partial charge in [-0.3, -0.25) is 9.78 Å². The fourth-order valence-electron chi connectivity index (χ4n) is 3.77. The average molecular weight is 338 g/mol. The number of aryl methyl sites for hydroxylation is 1. The predicted molar refractivity (Wildman–Crippen MR) is 91.9 cm³/mol. The molecule has 2 aliphatic heterocycles. The number of carbonyl (C=O) groups excluding carboxylic acids is 1. The molecule has 4 heterocycles. The Morgan fingerprint density at radius 3 is 2.88 bits per heavy atom. The minimum absolute atomic E-state index is 0.128. The summed E-state index contributed by atoms with van der Waals surface area (Å²) in [4.78, 5) is 27.7. The minimum atomic E-state index is -0.358. The van der Waals surface area contributed by atoms with Crippen molar-refractivity contribution in [3.63, 3.8) is 0 Å². The van der Waals surface area contributed by atoms with Crippen LogP contribution in [-0.4, -0.2) is 45.5 Å². The van der Waals surface area contributed by atoms with Crippen molar-refractivity contribution in [3.05, 3.63) is 53.4 Å². The topological polar surface area (TPSA) is 68.2 Å². The van der Waals surface area contributed by atoms with Crippen LogP contribution < -0.4 is 0 Å². The summed E-state index contributed by atoms with van der Waals surface area (Å²) in [5.41, 5.74) is 2.67. The Hall–Kier alpha value is -2.34. The van der Waals surface area contributed by atoms with Crippen molar-refractivity contribution in [1.29, 1.82) is 0 Å². The lowest BCUT2D eigenvalue weighted by Crippen LogP contribution is -2.49. The van der Waals surface area contributed by atoms with Gasteiger partial charge < -0.3 is 9.64 Å². The molecule has 4 rings (SSSR count). The number of aromatic nitrogens is 3. The van der Waals surface area contributed by atoms with Crippen LogP contribution in [0.3, 0.4) is 0 Å². The molecule has 0 radical (unpaired) electrons. The number of ether oxygens (including phenoxy) is 1. The Bertz CT molecular complexity index is 770. The molecule has 130 valence electrons. The van der Waals surface area contributed by atoms with Gasteiger partial charge in [-0.25, -0.2) is 9.97 Å². The number of likely N-dealkylation sites (tertiary alicyclic amines) is 1. The maximum Gasteiger partial charge on any atom is 0.228 e. The lowest BCUT2D eigenvalue weighted by molar-refractivity contribution is -0.140. The molecule has 2 aromatic rings. The highest BCUT2D eigenvalue weighted by Crippen LogP contribution is 2.40. The standard InChI is InChI=1S/C19H22N4O2/c1-14-21-13-15-5-11-25-19(18(15)22-14)6-9-23(10-7-19)17(24)12-16-4-2-3-8-20-16/h2-4,8,13H,5-7,9-12H2,1H3. The third kappa shape index (κ3) is 3.14. The van der Waals surface area contributed by atoms with Crippen molar-refractivity contribution in [2.45, 2.75) is 38.2 Å². The van der Waals surface area contributed by atoms with E-state index in [-0.39, 0.29) is 11.5 Å². The van der Waals surface area contributed by atoms with Crippen LogP contribution in [0.25, 0.3) is 0 Å². The van der Waals surface area contributed by atoms with Crippen molar-refractivity contribution >= 4 is 5.91 Å². The first-order valence-corrected chi connectivity index (χ1v) is 8.81. The molecule has 0 aliphatic carbocycles. The number of piperidine rings is 1. The Morgan fingerprint density at radius 1 is 1.28 bits per heavy atom. The molecule has 1 amide bonds. The number of fused-ring (bicyclic) bond motifs is 2. The smallest absolute Gasteiger partial charge is 0.228 e. The molecular weight excluding hydrogens is 316 g/mol. The molecule has 25 heavy (non-hydrogen) atoms. The van der Waals surface area contributed by atoms with E-state index in [1.807, 2.05) is 36.2 Å². The number of hydrogen-bond acceptors (Lipinski definition) is 5. The maximum atomic E-state index is 12.6. The molecule has 0 N–H and O–H groups in total. The van der Waals surface area contributed by atoms with E-state index in [0.717, 1.165) is 36.5 Å². The Labute approximate surface area is 147 Å². The summed E-state index contributed by atoms with van der Waals surface area (Å²) in [6.07, 6.45) is 6.43. The molecule has 1 fully saturated rings. The molecule has 1 spiro atoms. The van der Waals surface area contributed by atoms with E-state index in [4.69, 9.17) is 4.74 Å². The van der Waals surface area contributed by atoms with E-state index < -0.39 is 0 Å². The number of carbonyl (C=O) groups is 1. The third-order valence-corrected chi connectivity index (χ3v) is 5.15. The van der Waals surface area contributed by atoms with E-state index in [2.05, 4.69) is 15.0 Å². The van der Waals surface area contributed by atoms with Gasteiger partial charge in [-0.1, -0.05) is 6.07 Å². The maximum absolute atomic E-state index is 12.6. The molecule has 6 nitrogen and oxygen atoms in total. The second-order valence-corrected chi connectivity index (χ2v) is 6.76. The van der Waals surface area contributed by atoms with Crippen molar-refractivity contribution in [2.24, 2.45) is 0 Å². The van der Waals surface area contributed by atoms with Gasteiger partial charge in [-0.05, 0) is 43.9 Å². The monoisotopic (exact) mass is 338 g/mol. The first kappa shape index (κ1) is 16.1. The van der Waals surface area contributed by atoms with Crippen LogP contribution in [-0.2, 0) is 28.0 Å². The molecular formula is C19H22N4O2. The number of rotatable bonds is 2. The number of hydrogen-bond donors (Lipinski definition) is 0. The molecule has 0 saturated carbocycles. The van der Waals surface area contributed by atoms with Gasteiger partial charge in [0.25, 0.3) is 0 Å². The van der Waals surface area contributed by atoms with Crippen LogP contribution in [0.1, 0.15) is 35.6 Å². The SMILES string of the molecule is Cc1ncc2c(n1)C1(CCN(C(=O)Cc3ccccn3)CC1)OCC2. The van der Waals surface area contributed by atoms with Crippen LogP contribution in [0, 0.1) is 6.92 Å². The summed E-state index contributed by atoms with van der Waals surface area (Å²) in [6.45, 7) is 3.98. The number of nitrogens with zero attached hydrogens (tertiary/aromatic N) is 4. The van der Waals surface area contributed by atoms with Gasteiger partial charge in [-0.2, -0.15) is 0 Å². The Balaban J connectivity index is 1.47. The van der Waals surface area contributed by atoms with E-state index in [1.54, 1.807) is 6.20 Å². The highest BCUT2D eigenvalue weighted by molar-refractivity contribution is 5.78. The fraction of sp³-hybridized carbons (Fsp3) is 0.474. The van der Waals surface area contributed by atoms with Crippen LogP contribution in [0.4, 0.5) is 0 Å². The molecule has 2 aliphatic rings. The summed E-state index contributed by atoms with van der Waals surface area (Å²) >= 11 is 0. The van der Waals surface area contributed by atoms with Gasteiger partial charge in [0, 0.05) is 31.2 Å². The molecule has 0 bridgehead atoms. The second kappa shape index (κ2) is 6.52. The first-order chi connectivity index (χ1) is 12.2. The van der Waals surface area contributed by atoms with Crippen molar-refractivity contribution in [2.75, 3.05) is 19.7 Å². The lowest BCUT2D eigenvalue weighted by Gasteiger charge is -2.44. The third-order valence-electron chi connectivity index (χ3n) is 5.15. The van der Waals surface area contributed by atoms with Crippen LogP contribution in [0.2, 0.25) is 0 Å². The number of amides is 1. The van der Waals surface area contributed by atoms with E-state index in [1.165, 1.54) is 5.56 Å². The molecule has 2 aromatic heterocycles. The molecule has 6 heteroatoms. The van der Waals surface area contributed by atoms with Gasteiger partial charge in [-0.15, -0.1) is 0 Å². The summed E-state index contributed by atoms with van der Waals surface area (Å²) < 4.78 is 6.19. The quantitative estimate of drug-likeness (QED) is 0.835. The first-order valence-electron chi connectivity index (χ1n) is 8.81. The normalized spacial score (nSPS) is 18.8. The van der Waals surface area contributed by atoms with Crippen LogP contribution in [0.5, 0.6) is 0 Å². The van der Waals surface area contributed by atoms with Crippen molar-refractivity contribution in [1.82, 2.24) is 19.9 Å². The van der Waals surface area contributed by atoms with E-state index in [0.29, 0.717) is 26.1 Å². The number of pyridine rings is 1. The van der Waals surface area contributed by atoms with Gasteiger partial charge in [0.15, 0.2) is 0 Å². The largest absolute Gasteiger partial charge is 0.368 e. The molecule has 1 saturated heterocycles. The summed E-state index contributed by atoms with van der Waals surface area (Å²) in [6, 6.07) is 5.67. The van der Waals surface area contributed by atoms with Crippen molar-refractivity contribution < 1.29 is 9.53 Å². The molecule has 0 atom stereocenters. The Kier molecular flexibility index (Phi) is 4.21. The average Bonchev–Trinajstić information content (AvgIpc) is 2.64. The van der Waals surface area contributed by atoms with Gasteiger partial charge in [0.2, 0.25) is 5.91 Å². The highest BCUT2D eigenvalue weighted by Gasteiger charge is 2.43. The molecule has 0 unspecified atom stereocenters. The Morgan fingerprint density at radius 2 is 2.12 bits per heavy atom. The van der Waals surface area contributed by atoms with Gasteiger partial charge >= 0.3 is 0 Å². The van der Waals surface area contributed by atoms with Crippen LogP contribution >= 0.6 is 0 Å². The second-order valence-electron chi connectivity index (χ2n) is 6.76.